The fourth-order valence-corrected chi connectivity index (χ4v) is 3.67. The molecule has 100 valence electrons. The van der Waals surface area contributed by atoms with E-state index in [4.69, 9.17) is 0 Å². The molecule has 0 aliphatic heterocycles. The maximum absolute atomic E-state index is 2.37. The number of fused-ring (bicyclic) bond motifs is 2. The molecule has 0 fully saturated rings. The molecule has 3 atom stereocenters. The zero-order valence-corrected chi connectivity index (χ0v) is 11.7. The number of hydrogen-bond acceptors (Lipinski definition) is 0. The second-order valence-electron chi connectivity index (χ2n) is 5.86. The summed E-state index contributed by atoms with van der Waals surface area (Å²) >= 11 is 0. The average Bonchev–Trinajstić information content (AvgIpc) is 3.11. The van der Waals surface area contributed by atoms with Gasteiger partial charge in [0.15, 0.2) is 0 Å². The SMILES string of the molecule is CC(C1=CC=C2C=CC=CC21)C1C=Cc2ccccc21.[LiH]. The standard InChI is InChI=1S/C20H18.Li.H/c1-14(17-12-10-15-6-2-4-8-19(15)17)18-13-11-16-7-3-5-9-20(16)18;;/h2-14,17,20H,1H3;;. The van der Waals surface area contributed by atoms with Gasteiger partial charge in [0.05, 0.1) is 0 Å². The molecule has 1 aromatic rings. The molecule has 4 rings (SSSR count). The third kappa shape index (κ3) is 2.33. The molecule has 1 aromatic carbocycles. The zero-order valence-electron chi connectivity index (χ0n) is 11.7. The molecule has 3 aliphatic rings. The van der Waals surface area contributed by atoms with E-state index in [-0.39, 0.29) is 18.9 Å². The van der Waals surface area contributed by atoms with Gasteiger partial charge in [-0.2, -0.15) is 0 Å². The first kappa shape index (κ1) is 14.5. The number of hydrogen-bond donors (Lipinski definition) is 0. The molecule has 0 saturated carbocycles. The number of benzene rings is 1. The van der Waals surface area contributed by atoms with Crippen LogP contribution >= 0.6 is 0 Å². The molecule has 0 radical (unpaired) electrons. The molecule has 21 heavy (non-hydrogen) atoms. The third-order valence-electron chi connectivity index (χ3n) is 4.79. The van der Waals surface area contributed by atoms with Gasteiger partial charge in [-0.15, -0.1) is 0 Å². The van der Waals surface area contributed by atoms with Crippen molar-refractivity contribution in [3.05, 3.63) is 89.1 Å². The summed E-state index contributed by atoms with van der Waals surface area (Å²) in [6.07, 6.45) is 18.1. The summed E-state index contributed by atoms with van der Waals surface area (Å²) in [5.74, 6) is 1.56. The van der Waals surface area contributed by atoms with E-state index in [1.807, 2.05) is 0 Å². The van der Waals surface area contributed by atoms with Crippen LogP contribution in [-0.2, 0) is 0 Å². The Bertz CT molecular complexity index is 700. The minimum absolute atomic E-state index is 0. The van der Waals surface area contributed by atoms with Gasteiger partial charge in [-0.05, 0) is 22.6 Å². The van der Waals surface area contributed by atoms with Crippen LogP contribution in [0.4, 0.5) is 0 Å². The van der Waals surface area contributed by atoms with Crippen LogP contribution in [0.5, 0.6) is 0 Å². The van der Waals surface area contributed by atoms with Crippen molar-refractivity contribution in [1.82, 2.24) is 0 Å². The van der Waals surface area contributed by atoms with E-state index in [2.05, 4.69) is 79.8 Å². The fraction of sp³-hybridized carbons (Fsp3) is 0.200. The average molecular weight is 266 g/mol. The summed E-state index contributed by atoms with van der Waals surface area (Å²) in [6.45, 7) is 2.37. The van der Waals surface area contributed by atoms with Gasteiger partial charge in [-0.25, -0.2) is 0 Å². The summed E-state index contributed by atoms with van der Waals surface area (Å²) in [6, 6.07) is 8.77. The molecule has 3 aliphatic carbocycles. The van der Waals surface area contributed by atoms with E-state index in [1.165, 1.54) is 16.7 Å². The summed E-state index contributed by atoms with van der Waals surface area (Å²) in [5.41, 5.74) is 5.84. The van der Waals surface area contributed by atoms with Gasteiger partial charge in [0.25, 0.3) is 0 Å². The predicted octanol–water partition coefficient (Wildman–Crippen LogP) is 4.39. The first-order chi connectivity index (χ1) is 9.84. The quantitative estimate of drug-likeness (QED) is 0.696. The van der Waals surface area contributed by atoms with Crippen LogP contribution < -0.4 is 0 Å². The second kappa shape index (κ2) is 5.72. The van der Waals surface area contributed by atoms with Gasteiger partial charge in [-0.3, -0.25) is 0 Å². The Morgan fingerprint density at radius 1 is 0.952 bits per heavy atom. The van der Waals surface area contributed by atoms with Gasteiger partial charge >= 0.3 is 18.9 Å². The number of allylic oxidation sites excluding steroid dienone is 9. The van der Waals surface area contributed by atoms with E-state index >= 15 is 0 Å². The van der Waals surface area contributed by atoms with Crippen molar-refractivity contribution in [1.29, 1.82) is 0 Å². The summed E-state index contributed by atoms with van der Waals surface area (Å²) in [5, 5.41) is 0. The Labute approximate surface area is 138 Å². The van der Waals surface area contributed by atoms with Gasteiger partial charge < -0.3 is 0 Å². The minimum atomic E-state index is 0. The monoisotopic (exact) mass is 266 g/mol. The van der Waals surface area contributed by atoms with Crippen LogP contribution in [0.15, 0.2) is 77.9 Å². The van der Waals surface area contributed by atoms with Gasteiger partial charge in [0, 0.05) is 11.8 Å². The molecule has 0 bridgehead atoms. The number of rotatable bonds is 2. The Balaban J connectivity index is 0.00000132. The Hall–Kier alpha value is -1.48. The Morgan fingerprint density at radius 2 is 1.81 bits per heavy atom. The summed E-state index contributed by atoms with van der Waals surface area (Å²) in [4.78, 5) is 0. The zero-order chi connectivity index (χ0) is 13.5. The van der Waals surface area contributed by atoms with Crippen LogP contribution in [0.3, 0.4) is 0 Å². The van der Waals surface area contributed by atoms with Crippen molar-refractivity contribution < 1.29 is 0 Å². The van der Waals surface area contributed by atoms with E-state index in [0.29, 0.717) is 17.8 Å². The second-order valence-corrected chi connectivity index (χ2v) is 5.86. The fourth-order valence-electron chi connectivity index (χ4n) is 3.67. The molecule has 0 nitrogen and oxygen atoms in total. The van der Waals surface area contributed by atoms with Crippen molar-refractivity contribution >= 4 is 24.9 Å². The van der Waals surface area contributed by atoms with Crippen molar-refractivity contribution in [3.8, 4) is 0 Å². The molecule has 0 N–H and O–H groups in total. The molecule has 1 heteroatoms. The molecule has 3 unspecified atom stereocenters. The topological polar surface area (TPSA) is 0 Å². The normalized spacial score (nSPS) is 25.8. The Morgan fingerprint density at radius 3 is 2.71 bits per heavy atom. The van der Waals surface area contributed by atoms with E-state index in [9.17, 15) is 0 Å². The van der Waals surface area contributed by atoms with Crippen LogP contribution in [0.1, 0.15) is 24.0 Å². The molecular weight excluding hydrogens is 247 g/mol. The molecular formula is C20H19Li. The summed E-state index contributed by atoms with van der Waals surface area (Å²) in [7, 11) is 0. The molecule has 0 aromatic heterocycles. The van der Waals surface area contributed by atoms with Crippen LogP contribution in [0.2, 0.25) is 0 Å². The van der Waals surface area contributed by atoms with E-state index < -0.39 is 0 Å². The van der Waals surface area contributed by atoms with Crippen molar-refractivity contribution in [2.24, 2.45) is 11.8 Å². The van der Waals surface area contributed by atoms with Gasteiger partial charge in [-0.1, -0.05) is 85.4 Å². The molecule has 0 amide bonds. The van der Waals surface area contributed by atoms with Crippen LogP contribution in [-0.4, -0.2) is 18.9 Å². The third-order valence-corrected chi connectivity index (χ3v) is 4.79. The van der Waals surface area contributed by atoms with Gasteiger partial charge in [0.1, 0.15) is 0 Å². The molecule has 0 saturated heterocycles. The van der Waals surface area contributed by atoms with Crippen molar-refractivity contribution in [2.75, 3.05) is 0 Å². The first-order valence-electron chi connectivity index (χ1n) is 7.38. The van der Waals surface area contributed by atoms with Gasteiger partial charge in [0.2, 0.25) is 0 Å². The molecule has 0 heterocycles. The van der Waals surface area contributed by atoms with Crippen LogP contribution in [0, 0.1) is 11.8 Å². The Kier molecular flexibility index (Phi) is 3.94. The summed E-state index contributed by atoms with van der Waals surface area (Å²) < 4.78 is 0. The maximum atomic E-state index is 2.37. The van der Waals surface area contributed by atoms with Crippen LogP contribution in [0.25, 0.3) is 6.08 Å². The molecule has 0 spiro atoms. The van der Waals surface area contributed by atoms with E-state index in [0.717, 1.165) is 0 Å². The predicted molar refractivity (Wildman–Crippen MR) is 92.5 cm³/mol. The first-order valence-corrected chi connectivity index (χ1v) is 7.38. The van der Waals surface area contributed by atoms with Crippen molar-refractivity contribution in [3.63, 3.8) is 0 Å². The van der Waals surface area contributed by atoms with E-state index in [1.54, 1.807) is 5.57 Å². The van der Waals surface area contributed by atoms with Crippen molar-refractivity contribution in [2.45, 2.75) is 12.8 Å².